The molecule has 0 spiro atoms. The molecule has 7 nitrogen and oxygen atoms in total. The number of fused-ring (bicyclic) bond motifs is 1. The van der Waals surface area contributed by atoms with E-state index in [4.69, 9.17) is 0 Å². The van der Waals surface area contributed by atoms with E-state index in [-0.39, 0.29) is 23.8 Å². The zero-order valence-electron chi connectivity index (χ0n) is 16.8. The maximum Gasteiger partial charge on any atom is 0.242 e. The average Bonchev–Trinajstić information content (AvgIpc) is 3.14. The van der Waals surface area contributed by atoms with E-state index in [2.05, 4.69) is 14.9 Å². The molecule has 2 aromatic carbocycles. The third-order valence-corrected chi connectivity index (χ3v) is 6.70. The van der Waals surface area contributed by atoms with E-state index in [0.29, 0.717) is 13.0 Å². The Kier molecular flexibility index (Phi) is 7.17. The van der Waals surface area contributed by atoms with Crippen LogP contribution in [0.1, 0.15) is 19.3 Å². The second-order valence-electron chi connectivity index (χ2n) is 7.01. The lowest BCUT2D eigenvalue weighted by atomic mass is 10.3. The standard InChI is InChI=1S/C21H25FN4O3S/c1-25(30(28,29)18-11-9-17(22)10-12-18)14-4-8-21(27)23-13-5-15-26-16-24-19-6-2-3-7-20(19)26/h2-3,6-7,9-12,16H,4-5,8,13-15H2,1H3,(H,23,27). The molecule has 1 N–H and O–H groups in total. The highest BCUT2D eigenvalue weighted by Gasteiger charge is 2.20. The highest BCUT2D eigenvalue weighted by Crippen LogP contribution is 2.15. The van der Waals surface area contributed by atoms with Gasteiger partial charge in [0.25, 0.3) is 0 Å². The summed E-state index contributed by atoms with van der Waals surface area (Å²) in [6.07, 6.45) is 3.20. The van der Waals surface area contributed by atoms with Gasteiger partial charge in [0.05, 0.1) is 22.3 Å². The zero-order chi connectivity index (χ0) is 21.6. The van der Waals surface area contributed by atoms with E-state index < -0.39 is 15.8 Å². The molecule has 0 unspecified atom stereocenters. The second-order valence-corrected chi connectivity index (χ2v) is 9.06. The minimum Gasteiger partial charge on any atom is -0.356 e. The van der Waals surface area contributed by atoms with Gasteiger partial charge in [-0.15, -0.1) is 0 Å². The first-order chi connectivity index (χ1) is 14.4. The van der Waals surface area contributed by atoms with Gasteiger partial charge in [0.2, 0.25) is 15.9 Å². The summed E-state index contributed by atoms with van der Waals surface area (Å²) in [6, 6.07) is 12.6. The quantitative estimate of drug-likeness (QED) is 0.500. The molecular formula is C21H25FN4O3S. The number of rotatable bonds is 10. The third kappa shape index (κ3) is 5.43. The summed E-state index contributed by atoms with van der Waals surface area (Å²) < 4.78 is 41.1. The molecule has 160 valence electrons. The van der Waals surface area contributed by atoms with Crippen LogP contribution in [0.4, 0.5) is 4.39 Å². The Labute approximate surface area is 175 Å². The van der Waals surface area contributed by atoms with Crippen LogP contribution in [0.15, 0.2) is 59.8 Å². The topological polar surface area (TPSA) is 84.3 Å². The van der Waals surface area contributed by atoms with Gasteiger partial charge in [-0.1, -0.05) is 12.1 Å². The van der Waals surface area contributed by atoms with Gasteiger partial charge in [0, 0.05) is 33.1 Å². The summed E-state index contributed by atoms with van der Waals surface area (Å²) in [5.74, 6) is -0.604. The van der Waals surface area contributed by atoms with Gasteiger partial charge in [-0.2, -0.15) is 0 Å². The maximum atomic E-state index is 13.0. The van der Waals surface area contributed by atoms with Crippen molar-refractivity contribution < 1.29 is 17.6 Å². The van der Waals surface area contributed by atoms with Crippen LogP contribution in [0.25, 0.3) is 11.0 Å². The minimum atomic E-state index is -3.69. The Morgan fingerprint density at radius 2 is 1.87 bits per heavy atom. The average molecular weight is 433 g/mol. The number of para-hydroxylation sites is 2. The van der Waals surface area contributed by atoms with E-state index in [1.165, 1.54) is 23.5 Å². The third-order valence-electron chi connectivity index (χ3n) is 4.82. The number of carbonyl (C=O) groups is 1. The predicted molar refractivity (Wildman–Crippen MR) is 113 cm³/mol. The van der Waals surface area contributed by atoms with Crippen LogP contribution in [-0.2, 0) is 21.4 Å². The van der Waals surface area contributed by atoms with Crippen LogP contribution in [0.3, 0.4) is 0 Å². The molecule has 0 atom stereocenters. The van der Waals surface area contributed by atoms with Crippen molar-refractivity contribution in [1.29, 1.82) is 0 Å². The minimum absolute atomic E-state index is 0.0304. The number of aryl methyl sites for hydroxylation is 1. The molecule has 30 heavy (non-hydrogen) atoms. The molecule has 9 heteroatoms. The highest BCUT2D eigenvalue weighted by molar-refractivity contribution is 7.89. The number of nitrogens with one attached hydrogen (secondary N) is 1. The summed E-state index contributed by atoms with van der Waals surface area (Å²) in [7, 11) is -2.24. The highest BCUT2D eigenvalue weighted by atomic mass is 32.2. The van der Waals surface area contributed by atoms with Crippen LogP contribution < -0.4 is 5.32 Å². The van der Waals surface area contributed by atoms with Crippen molar-refractivity contribution in [3.63, 3.8) is 0 Å². The van der Waals surface area contributed by atoms with Gasteiger partial charge in [-0.3, -0.25) is 4.79 Å². The Balaban J connectivity index is 1.37. The van der Waals surface area contributed by atoms with E-state index in [1.807, 2.05) is 24.3 Å². The summed E-state index contributed by atoms with van der Waals surface area (Å²) in [4.78, 5) is 16.4. The number of sulfonamides is 1. The molecule has 0 saturated heterocycles. The number of hydrogen-bond acceptors (Lipinski definition) is 4. The van der Waals surface area contributed by atoms with Crippen LogP contribution in [0.2, 0.25) is 0 Å². The second kappa shape index (κ2) is 9.82. The summed E-state index contributed by atoms with van der Waals surface area (Å²) in [6.45, 7) is 1.49. The van der Waals surface area contributed by atoms with Crippen molar-refractivity contribution in [2.75, 3.05) is 20.1 Å². The number of benzene rings is 2. The molecule has 0 aliphatic rings. The van der Waals surface area contributed by atoms with Crippen LogP contribution in [-0.4, -0.2) is 48.3 Å². The molecule has 0 saturated carbocycles. The molecule has 0 fully saturated rings. The van der Waals surface area contributed by atoms with Gasteiger partial charge in [0.15, 0.2) is 0 Å². The first-order valence-electron chi connectivity index (χ1n) is 9.76. The zero-order valence-corrected chi connectivity index (χ0v) is 17.6. The molecule has 0 aliphatic carbocycles. The molecule has 0 radical (unpaired) electrons. The number of nitrogens with zero attached hydrogens (tertiary/aromatic N) is 3. The normalized spacial score (nSPS) is 11.8. The lowest BCUT2D eigenvalue weighted by Crippen LogP contribution is -2.30. The van der Waals surface area contributed by atoms with Crippen molar-refractivity contribution in [3.8, 4) is 0 Å². The fourth-order valence-electron chi connectivity index (χ4n) is 3.12. The van der Waals surface area contributed by atoms with Crippen molar-refractivity contribution in [1.82, 2.24) is 19.2 Å². The molecule has 3 aromatic rings. The SMILES string of the molecule is CN(CCCC(=O)NCCCn1cnc2ccccc21)S(=O)(=O)c1ccc(F)cc1. The van der Waals surface area contributed by atoms with Crippen molar-refractivity contribution in [3.05, 3.63) is 60.7 Å². The Hall–Kier alpha value is -2.78. The number of halogens is 1. The van der Waals surface area contributed by atoms with Gasteiger partial charge in [0.1, 0.15) is 5.82 Å². The van der Waals surface area contributed by atoms with E-state index in [9.17, 15) is 17.6 Å². The van der Waals surface area contributed by atoms with Gasteiger partial charge >= 0.3 is 0 Å². The summed E-state index contributed by atoms with van der Waals surface area (Å²) in [5.41, 5.74) is 2.01. The summed E-state index contributed by atoms with van der Waals surface area (Å²) >= 11 is 0. The van der Waals surface area contributed by atoms with E-state index in [0.717, 1.165) is 36.1 Å². The van der Waals surface area contributed by atoms with Gasteiger partial charge in [-0.05, 0) is 49.2 Å². The van der Waals surface area contributed by atoms with Crippen LogP contribution in [0, 0.1) is 5.82 Å². The van der Waals surface area contributed by atoms with E-state index in [1.54, 1.807) is 6.33 Å². The largest absolute Gasteiger partial charge is 0.356 e. The molecular weight excluding hydrogens is 407 g/mol. The van der Waals surface area contributed by atoms with Crippen molar-refractivity contribution >= 4 is 27.0 Å². The monoisotopic (exact) mass is 432 g/mol. The predicted octanol–water partition coefficient (Wildman–Crippen LogP) is 2.78. The number of aromatic nitrogens is 2. The maximum absolute atomic E-state index is 13.0. The Morgan fingerprint density at radius 3 is 2.63 bits per heavy atom. The Bertz CT molecular complexity index is 1100. The number of amides is 1. The fourth-order valence-corrected chi connectivity index (χ4v) is 4.33. The van der Waals surface area contributed by atoms with Crippen molar-refractivity contribution in [2.24, 2.45) is 0 Å². The van der Waals surface area contributed by atoms with Crippen molar-refractivity contribution in [2.45, 2.75) is 30.7 Å². The first kappa shape index (κ1) is 21.9. The van der Waals surface area contributed by atoms with E-state index >= 15 is 0 Å². The molecule has 1 amide bonds. The lowest BCUT2D eigenvalue weighted by molar-refractivity contribution is -0.121. The number of imidazole rings is 1. The van der Waals surface area contributed by atoms with Gasteiger partial charge in [-0.25, -0.2) is 22.1 Å². The van der Waals surface area contributed by atoms with Crippen LogP contribution in [0.5, 0.6) is 0 Å². The smallest absolute Gasteiger partial charge is 0.242 e. The number of carbonyl (C=O) groups excluding carboxylic acids is 1. The first-order valence-corrected chi connectivity index (χ1v) is 11.2. The fraction of sp³-hybridized carbons (Fsp3) is 0.333. The van der Waals surface area contributed by atoms with Crippen LogP contribution >= 0.6 is 0 Å². The van der Waals surface area contributed by atoms with Gasteiger partial charge < -0.3 is 9.88 Å². The molecule has 1 aromatic heterocycles. The molecule has 1 heterocycles. The molecule has 0 bridgehead atoms. The lowest BCUT2D eigenvalue weighted by Gasteiger charge is -2.17. The Morgan fingerprint density at radius 1 is 1.13 bits per heavy atom. The number of hydrogen-bond donors (Lipinski definition) is 1. The summed E-state index contributed by atoms with van der Waals surface area (Å²) in [5, 5.41) is 2.86. The molecule has 3 rings (SSSR count). The molecule has 0 aliphatic heterocycles.